The molecule has 0 amide bonds. The van der Waals surface area contributed by atoms with Crippen molar-refractivity contribution in [3.63, 3.8) is 0 Å². The molecule has 0 spiro atoms. The normalized spacial score (nSPS) is 19.8. The third-order valence-electron chi connectivity index (χ3n) is 3.72. The van der Waals surface area contributed by atoms with Gasteiger partial charge in [-0.3, -0.25) is 4.52 Å². The highest BCUT2D eigenvalue weighted by atomic mass is 31.2. The quantitative estimate of drug-likeness (QED) is 0.0618. The molecular formula is C19H29O11P. The van der Waals surface area contributed by atoms with E-state index in [4.69, 9.17) is 14.9 Å². The topological polar surface area (TPSA) is 205 Å². The summed E-state index contributed by atoms with van der Waals surface area (Å²) in [6.45, 7) is 2.82. The van der Waals surface area contributed by atoms with Gasteiger partial charge in [0.05, 0.1) is 6.10 Å². The number of hydrogen-bond acceptors (Lipinski definition) is 8. The van der Waals surface area contributed by atoms with Gasteiger partial charge in [0.1, 0.15) is 29.7 Å². The summed E-state index contributed by atoms with van der Waals surface area (Å²) in [5, 5.41) is 58.3. The van der Waals surface area contributed by atoms with Crippen LogP contribution < -0.4 is 0 Å². The Morgan fingerprint density at radius 3 is 2.16 bits per heavy atom. The van der Waals surface area contributed by atoms with E-state index in [1.54, 1.807) is 19.1 Å². The van der Waals surface area contributed by atoms with Gasteiger partial charge in [0.25, 0.3) is 0 Å². The van der Waals surface area contributed by atoms with Gasteiger partial charge < -0.3 is 40.4 Å². The fourth-order valence-electron chi connectivity index (χ4n) is 2.17. The van der Waals surface area contributed by atoms with Crippen molar-refractivity contribution in [3.8, 4) is 0 Å². The van der Waals surface area contributed by atoms with Crippen LogP contribution in [0.2, 0.25) is 0 Å². The van der Waals surface area contributed by atoms with E-state index in [-0.39, 0.29) is 5.76 Å². The highest BCUT2D eigenvalue weighted by molar-refractivity contribution is 7.46. The Morgan fingerprint density at radius 2 is 1.65 bits per heavy atom. The Bertz CT molecular complexity index is 761. The molecule has 11 nitrogen and oxygen atoms in total. The van der Waals surface area contributed by atoms with Crippen molar-refractivity contribution in [1.82, 2.24) is 0 Å². The van der Waals surface area contributed by atoms with Crippen molar-refractivity contribution in [2.75, 3.05) is 0 Å². The molecule has 0 heterocycles. The number of phosphoric ester groups is 1. The fourth-order valence-corrected chi connectivity index (χ4v) is 2.80. The van der Waals surface area contributed by atoms with Gasteiger partial charge >= 0.3 is 13.8 Å². The molecule has 0 rings (SSSR count). The third kappa shape index (κ3) is 13.8. The maximum absolute atomic E-state index is 11.3. The SMILES string of the molecule is CC=CC=CC(O)=CC(O)CC(OP(=O)(O)O)C(C)(O)C=CC(O)C(O)C=CC(=O)O. The standard InChI is InChI=1S/C19H29O11P/c1-3-4-5-6-13(20)11-14(21)12-17(30-31(27,28)29)19(2,26)10-9-16(23)15(22)7-8-18(24)25/h3-11,14-17,20-23,26H,12H2,1-2H3,(H,24,25)(H2,27,28,29). The van der Waals surface area contributed by atoms with E-state index in [2.05, 4.69) is 4.52 Å². The predicted molar refractivity (Wildman–Crippen MR) is 111 cm³/mol. The molecule has 5 unspecified atom stereocenters. The van der Waals surface area contributed by atoms with Crippen LogP contribution in [0, 0.1) is 0 Å². The van der Waals surface area contributed by atoms with Gasteiger partial charge in [-0.25, -0.2) is 9.36 Å². The zero-order chi connectivity index (χ0) is 24.2. The Balaban J connectivity index is 5.51. The summed E-state index contributed by atoms with van der Waals surface area (Å²) in [7, 11) is -5.12. The van der Waals surface area contributed by atoms with Crippen molar-refractivity contribution in [3.05, 3.63) is 60.4 Å². The molecule has 0 bridgehead atoms. The Hall–Kier alpha value is -2.08. The molecular weight excluding hydrogens is 435 g/mol. The van der Waals surface area contributed by atoms with Crippen molar-refractivity contribution in [1.29, 1.82) is 0 Å². The highest BCUT2D eigenvalue weighted by Gasteiger charge is 2.37. The predicted octanol–water partition coefficient (Wildman–Crippen LogP) is 0.459. The number of rotatable bonds is 13. The maximum atomic E-state index is 11.3. The second-order valence-corrected chi connectivity index (χ2v) is 7.82. The van der Waals surface area contributed by atoms with Gasteiger partial charge in [-0.1, -0.05) is 30.4 Å². The van der Waals surface area contributed by atoms with Crippen molar-refractivity contribution in [2.45, 2.75) is 50.3 Å². The summed E-state index contributed by atoms with van der Waals surface area (Å²) in [5.74, 6) is -1.71. The molecule has 176 valence electrons. The van der Waals surface area contributed by atoms with Gasteiger partial charge in [0, 0.05) is 12.5 Å². The average Bonchev–Trinajstić information content (AvgIpc) is 2.62. The van der Waals surface area contributed by atoms with E-state index in [1.165, 1.54) is 12.2 Å². The molecule has 0 aromatic carbocycles. The second-order valence-electron chi connectivity index (χ2n) is 6.63. The van der Waals surface area contributed by atoms with E-state index < -0.39 is 50.2 Å². The van der Waals surface area contributed by atoms with Crippen LogP contribution in [0.15, 0.2) is 60.4 Å². The molecule has 0 radical (unpaired) electrons. The van der Waals surface area contributed by atoms with Crippen LogP contribution in [0.3, 0.4) is 0 Å². The van der Waals surface area contributed by atoms with Crippen molar-refractivity contribution < 1.29 is 54.3 Å². The maximum Gasteiger partial charge on any atom is 0.469 e. The van der Waals surface area contributed by atoms with Crippen LogP contribution >= 0.6 is 7.82 Å². The van der Waals surface area contributed by atoms with Crippen LogP contribution in [-0.2, 0) is 13.9 Å². The molecule has 12 heteroatoms. The monoisotopic (exact) mass is 464 g/mol. The number of carboxylic acids is 1. The molecule has 0 aliphatic rings. The molecule has 0 aromatic rings. The molecule has 0 saturated heterocycles. The number of aliphatic carboxylic acids is 1. The lowest BCUT2D eigenvalue weighted by atomic mass is 9.92. The number of carbonyl (C=O) groups is 1. The molecule has 0 aliphatic heterocycles. The number of phosphoric acid groups is 1. The minimum absolute atomic E-state index is 0.348. The third-order valence-corrected chi connectivity index (χ3v) is 4.25. The van der Waals surface area contributed by atoms with E-state index in [1.807, 2.05) is 0 Å². The van der Waals surface area contributed by atoms with Gasteiger partial charge in [-0.2, -0.15) is 0 Å². The van der Waals surface area contributed by atoms with Crippen molar-refractivity contribution in [2.24, 2.45) is 0 Å². The van der Waals surface area contributed by atoms with Crippen molar-refractivity contribution >= 4 is 13.8 Å². The number of hydrogen-bond donors (Lipinski definition) is 8. The first kappa shape index (κ1) is 28.9. The molecule has 5 atom stereocenters. The summed E-state index contributed by atoms with van der Waals surface area (Å²) in [6, 6.07) is 0. The molecule has 31 heavy (non-hydrogen) atoms. The van der Waals surface area contributed by atoms with Gasteiger partial charge in [0.15, 0.2) is 0 Å². The van der Waals surface area contributed by atoms with E-state index in [0.717, 1.165) is 31.2 Å². The fraction of sp³-hybridized carbons (Fsp3) is 0.421. The smallest absolute Gasteiger partial charge is 0.469 e. The minimum atomic E-state index is -5.12. The van der Waals surface area contributed by atoms with Crippen LogP contribution in [0.1, 0.15) is 20.3 Å². The van der Waals surface area contributed by atoms with E-state index >= 15 is 0 Å². The Labute approximate surface area is 179 Å². The Morgan fingerprint density at radius 1 is 1.06 bits per heavy atom. The number of aliphatic hydroxyl groups excluding tert-OH is 4. The van der Waals surface area contributed by atoms with E-state index in [0.29, 0.717) is 6.08 Å². The Kier molecular flexibility index (Phi) is 12.5. The molecule has 8 N–H and O–H groups in total. The lowest BCUT2D eigenvalue weighted by Crippen LogP contribution is -2.41. The summed E-state index contributed by atoms with van der Waals surface area (Å²) in [6.07, 6.45) is 3.05. The highest BCUT2D eigenvalue weighted by Crippen LogP contribution is 2.41. The largest absolute Gasteiger partial charge is 0.508 e. The van der Waals surface area contributed by atoms with E-state index in [9.17, 15) is 34.9 Å². The number of allylic oxidation sites excluding steroid dienone is 4. The summed E-state index contributed by atoms with van der Waals surface area (Å²) in [5.41, 5.74) is -2.16. The molecule has 0 saturated carbocycles. The summed E-state index contributed by atoms with van der Waals surface area (Å²) >= 11 is 0. The number of aliphatic hydroxyl groups is 5. The average molecular weight is 464 g/mol. The zero-order valence-electron chi connectivity index (χ0n) is 17.0. The van der Waals surface area contributed by atoms with Crippen LogP contribution in [-0.4, -0.2) is 76.4 Å². The first-order valence-electron chi connectivity index (χ1n) is 8.99. The molecule has 0 fully saturated rings. The first-order chi connectivity index (χ1) is 14.2. The van der Waals surface area contributed by atoms with Gasteiger partial charge in [0.2, 0.25) is 0 Å². The lowest BCUT2D eigenvalue weighted by Gasteiger charge is -2.31. The van der Waals surface area contributed by atoms with Gasteiger partial charge in [-0.05, 0) is 32.1 Å². The van der Waals surface area contributed by atoms with Crippen LogP contribution in [0.25, 0.3) is 0 Å². The molecule has 0 aromatic heterocycles. The summed E-state index contributed by atoms with van der Waals surface area (Å²) in [4.78, 5) is 28.7. The number of carboxylic acid groups (broad SMARTS) is 1. The lowest BCUT2D eigenvalue weighted by molar-refractivity contribution is -0.131. The van der Waals surface area contributed by atoms with Crippen LogP contribution in [0.4, 0.5) is 0 Å². The van der Waals surface area contributed by atoms with Gasteiger partial charge in [-0.15, -0.1) is 0 Å². The first-order valence-corrected chi connectivity index (χ1v) is 10.5. The van der Waals surface area contributed by atoms with Crippen LogP contribution in [0.5, 0.6) is 0 Å². The summed E-state index contributed by atoms with van der Waals surface area (Å²) < 4.78 is 15.8. The zero-order valence-corrected chi connectivity index (χ0v) is 17.9. The molecule has 0 aliphatic carbocycles. The minimum Gasteiger partial charge on any atom is -0.508 e. The second kappa shape index (κ2) is 13.4.